The molecule has 1 saturated heterocycles. The van der Waals surface area contributed by atoms with Gasteiger partial charge in [0.25, 0.3) is 0 Å². The molecule has 1 aliphatic carbocycles. The van der Waals surface area contributed by atoms with Gasteiger partial charge in [-0.1, -0.05) is 32.0 Å². The second-order valence-corrected chi connectivity index (χ2v) is 6.67. The van der Waals surface area contributed by atoms with E-state index in [-0.39, 0.29) is 11.5 Å². The van der Waals surface area contributed by atoms with Crippen LogP contribution in [0.4, 0.5) is 0 Å². The topological polar surface area (TPSA) is 30.5 Å². The van der Waals surface area contributed by atoms with Crippen LogP contribution in [0.2, 0.25) is 0 Å². The molecule has 4 atom stereocenters. The highest BCUT2D eigenvalue weighted by Crippen LogP contribution is 2.52. The van der Waals surface area contributed by atoms with Gasteiger partial charge in [0.05, 0.1) is 13.2 Å². The van der Waals surface area contributed by atoms with Gasteiger partial charge >= 0.3 is 0 Å². The highest BCUT2D eigenvalue weighted by Gasteiger charge is 2.59. The Labute approximate surface area is 121 Å². The normalized spacial score (nSPS) is 32.3. The quantitative estimate of drug-likeness (QED) is 0.915. The predicted molar refractivity (Wildman–Crippen MR) is 80.0 cm³/mol. The smallest absolute Gasteiger partial charge is 0.123 e. The molecule has 1 heterocycles. The van der Waals surface area contributed by atoms with Crippen molar-refractivity contribution in [1.29, 1.82) is 0 Å². The Bertz CT molecular complexity index is 486. The molecule has 3 heteroatoms. The van der Waals surface area contributed by atoms with Gasteiger partial charge in [-0.15, -0.1) is 0 Å². The molecule has 3 nitrogen and oxygen atoms in total. The maximum Gasteiger partial charge on any atom is 0.123 e. The van der Waals surface area contributed by atoms with Gasteiger partial charge in [0.15, 0.2) is 0 Å². The molecule has 0 bridgehead atoms. The number of ether oxygens (including phenoxy) is 2. The van der Waals surface area contributed by atoms with Crippen molar-refractivity contribution >= 4 is 0 Å². The van der Waals surface area contributed by atoms with Gasteiger partial charge in [0.1, 0.15) is 5.75 Å². The zero-order chi connectivity index (χ0) is 14.3. The molecule has 0 aromatic heterocycles. The van der Waals surface area contributed by atoms with Crippen LogP contribution in [-0.2, 0) is 4.74 Å². The molecule has 0 radical (unpaired) electrons. The maximum atomic E-state index is 5.86. The lowest BCUT2D eigenvalue weighted by molar-refractivity contribution is -0.115. The summed E-state index contributed by atoms with van der Waals surface area (Å²) >= 11 is 0. The number of fused-ring (bicyclic) bond motifs is 1. The zero-order valence-corrected chi connectivity index (χ0v) is 12.8. The first kappa shape index (κ1) is 13.9. The molecular weight excluding hydrogens is 250 g/mol. The van der Waals surface area contributed by atoms with Crippen molar-refractivity contribution < 1.29 is 9.47 Å². The largest absolute Gasteiger partial charge is 0.496 e. The minimum atomic E-state index is 0.220. The molecule has 0 amide bonds. The minimum Gasteiger partial charge on any atom is -0.496 e. The minimum absolute atomic E-state index is 0.220. The van der Waals surface area contributed by atoms with E-state index in [1.165, 1.54) is 12.0 Å². The Morgan fingerprint density at radius 1 is 1.35 bits per heavy atom. The molecule has 1 aromatic carbocycles. The van der Waals surface area contributed by atoms with Gasteiger partial charge in [-0.2, -0.15) is 0 Å². The second kappa shape index (κ2) is 5.05. The molecule has 110 valence electrons. The Balaban J connectivity index is 1.74. The van der Waals surface area contributed by atoms with Gasteiger partial charge in [0.2, 0.25) is 0 Å². The van der Waals surface area contributed by atoms with Crippen molar-refractivity contribution in [3.63, 3.8) is 0 Å². The molecule has 2 fully saturated rings. The Kier molecular flexibility index (Phi) is 3.51. The molecule has 1 saturated carbocycles. The lowest BCUT2D eigenvalue weighted by atomic mass is 9.57. The lowest BCUT2D eigenvalue weighted by Crippen LogP contribution is -2.66. The summed E-state index contributed by atoms with van der Waals surface area (Å²) in [5.41, 5.74) is 1.45. The lowest BCUT2D eigenvalue weighted by Gasteiger charge is -2.55. The van der Waals surface area contributed by atoms with E-state index in [2.05, 4.69) is 38.2 Å². The van der Waals surface area contributed by atoms with Crippen molar-refractivity contribution in [3.8, 4) is 5.75 Å². The van der Waals surface area contributed by atoms with Crippen LogP contribution >= 0.6 is 0 Å². The average Bonchev–Trinajstić information content (AvgIpc) is 2.91. The molecular formula is C17H25NO2. The number of rotatable bonds is 4. The summed E-state index contributed by atoms with van der Waals surface area (Å²) in [6.45, 7) is 7.76. The first-order chi connectivity index (χ1) is 9.55. The van der Waals surface area contributed by atoms with Crippen LogP contribution in [-0.4, -0.2) is 25.9 Å². The third-order valence-corrected chi connectivity index (χ3v) is 5.14. The van der Waals surface area contributed by atoms with Crippen molar-refractivity contribution in [2.24, 2.45) is 11.3 Å². The predicted octanol–water partition coefficient (Wildman–Crippen LogP) is 3.16. The van der Waals surface area contributed by atoms with Crippen molar-refractivity contribution in [3.05, 3.63) is 29.8 Å². The van der Waals surface area contributed by atoms with Crippen LogP contribution in [0.25, 0.3) is 0 Å². The van der Waals surface area contributed by atoms with Gasteiger partial charge in [-0.3, -0.25) is 0 Å². The molecule has 2 aliphatic rings. The van der Waals surface area contributed by atoms with E-state index in [0.29, 0.717) is 18.1 Å². The Morgan fingerprint density at radius 2 is 2.10 bits per heavy atom. The summed E-state index contributed by atoms with van der Waals surface area (Å²) < 4.78 is 11.3. The van der Waals surface area contributed by atoms with Crippen LogP contribution in [0.5, 0.6) is 5.75 Å². The van der Waals surface area contributed by atoms with Crippen LogP contribution in [0.15, 0.2) is 24.3 Å². The number of benzene rings is 1. The fourth-order valence-corrected chi connectivity index (χ4v) is 4.05. The van der Waals surface area contributed by atoms with Crippen LogP contribution in [0.3, 0.4) is 0 Å². The van der Waals surface area contributed by atoms with Crippen molar-refractivity contribution in [1.82, 2.24) is 5.32 Å². The Hall–Kier alpha value is -1.06. The molecule has 1 aromatic rings. The second-order valence-electron chi connectivity index (χ2n) is 6.67. The number of para-hydroxylation sites is 1. The summed E-state index contributed by atoms with van der Waals surface area (Å²) in [5.74, 6) is 1.63. The number of methoxy groups -OCH3 is 1. The fourth-order valence-electron chi connectivity index (χ4n) is 4.05. The summed E-state index contributed by atoms with van der Waals surface area (Å²) in [4.78, 5) is 0. The fraction of sp³-hybridized carbons (Fsp3) is 0.647. The molecule has 3 rings (SSSR count). The van der Waals surface area contributed by atoms with Crippen LogP contribution in [0.1, 0.15) is 38.8 Å². The zero-order valence-electron chi connectivity index (χ0n) is 12.8. The first-order valence-corrected chi connectivity index (χ1v) is 7.56. The molecule has 1 N–H and O–H groups in total. The summed E-state index contributed by atoms with van der Waals surface area (Å²) in [7, 11) is 1.74. The first-order valence-electron chi connectivity index (χ1n) is 7.56. The van der Waals surface area contributed by atoms with E-state index in [1.54, 1.807) is 7.11 Å². The van der Waals surface area contributed by atoms with E-state index in [9.17, 15) is 0 Å². The van der Waals surface area contributed by atoms with Crippen molar-refractivity contribution in [2.75, 3.05) is 13.7 Å². The van der Waals surface area contributed by atoms with E-state index in [0.717, 1.165) is 12.4 Å². The van der Waals surface area contributed by atoms with Gasteiger partial charge in [0, 0.05) is 35.6 Å². The van der Waals surface area contributed by atoms with Crippen LogP contribution in [0, 0.1) is 11.3 Å². The summed E-state index contributed by atoms with van der Waals surface area (Å²) in [5, 5.41) is 3.81. The van der Waals surface area contributed by atoms with Gasteiger partial charge < -0.3 is 14.8 Å². The van der Waals surface area contributed by atoms with E-state index < -0.39 is 0 Å². The molecule has 20 heavy (non-hydrogen) atoms. The average molecular weight is 275 g/mol. The van der Waals surface area contributed by atoms with E-state index in [1.807, 2.05) is 12.1 Å². The maximum absolute atomic E-state index is 5.86. The number of nitrogens with one attached hydrogen (secondary N) is 1. The van der Waals surface area contributed by atoms with Gasteiger partial charge in [-0.05, 0) is 19.4 Å². The third-order valence-electron chi connectivity index (χ3n) is 5.14. The van der Waals surface area contributed by atoms with Gasteiger partial charge in [-0.25, -0.2) is 0 Å². The van der Waals surface area contributed by atoms with Crippen LogP contribution < -0.4 is 10.1 Å². The number of hydrogen-bond acceptors (Lipinski definition) is 3. The SMILES string of the molecule is COc1ccccc1[C@@H](C)NC1C2CCOC2C1(C)C. The standard InChI is InChI=1S/C17H25NO2/c1-11(12-7-5-6-8-14(12)19-4)18-15-13-9-10-20-16(13)17(15,2)3/h5-8,11,13,15-16,18H,9-10H2,1-4H3/t11-,13?,15?,16?/m1/s1. The molecule has 0 spiro atoms. The summed E-state index contributed by atoms with van der Waals surface area (Å²) in [6, 6.07) is 9.07. The monoisotopic (exact) mass is 275 g/mol. The van der Waals surface area contributed by atoms with E-state index in [4.69, 9.17) is 9.47 Å². The third kappa shape index (κ3) is 2.04. The summed E-state index contributed by atoms with van der Waals surface area (Å²) in [6.07, 6.45) is 1.62. The highest BCUT2D eigenvalue weighted by atomic mass is 16.5. The van der Waals surface area contributed by atoms with E-state index >= 15 is 0 Å². The number of hydrogen-bond donors (Lipinski definition) is 1. The van der Waals surface area contributed by atoms with Crippen molar-refractivity contribution in [2.45, 2.75) is 45.4 Å². The Morgan fingerprint density at radius 3 is 2.85 bits per heavy atom. The molecule has 3 unspecified atom stereocenters. The molecule has 1 aliphatic heterocycles. The highest BCUT2D eigenvalue weighted by molar-refractivity contribution is 5.35.